The molecular weight excluding hydrogens is 925 g/mol. The molecule has 0 saturated carbocycles. The second-order valence-corrected chi connectivity index (χ2v) is 19.2. The largest absolute Gasteiger partial charge is 0.462 e. The monoisotopic (exact) mass is 1030 g/mol. The summed E-state index contributed by atoms with van der Waals surface area (Å²) in [5, 5.41) is 0. The summed E-state index contributed by atoms with van der Waals surface area (Å²) in [7, 11) is 0. The molecule has 0 aromatic carbocycles. The van der Waals surface area contributed by atoms with Crippen LogP contribution in [-0.2, 0) is 28.6 Å². The van der Waals surface area contributed by atoms with E-state index in [4.69, 9.17) is 14.2 Å². The maximum absolute atomic E-state index is 12.9. The van der Waals surface area contributed by atoms with Gasteiger partial charge in [-0.15, -0.1) is 0 Å². The minimum atomic E-state index is -0.850. The Hall–Kier alpha value is -4.97. The lowest BCUT2D eigenvalue weighted by Crippen LogP contribution is -2.30. The second kappa shape index (κ2) is 61.6. The number of ether oxygens (including phenoxy) is 3. The predicted molar refractivity (Wildman–Crippen MR) is 325 cm³/mol. The van der Waals surface area contributed by atoms with E-state index < -0.39 is 6.10 Å². The Morgan fingerprint density at radius 2 is 0.547 bits per heavy atom. The van der Waals surface area contributed by atoms with Crippen LogP contribution in [0.5, 0.6) is 0 Å². The van der Waals surface area contributed by atoms with E-state index in [-0.39, 0.29) is 50.4 Å². The molecule has 0 aliphatic carbocycles. The van der Waals surface area contributed by atoms with Gasteiger partial charge in [0.05, 0.1) is 0 Å². The first-order valence-electron chi connectivity index (χ1n) is 30.0. The molecule has 0 aromatic rings. The van der Waals surface area contributed by atoms with Crippen LogP contribution in [0.4, 0.5) is 0 Å². The van der Waals surface area contributed by atoms with E-state index in [1.54, 1.807) is 0 Å². The molecule has 0 fully saturated rings. The highest BCUT2D eigenvalue weighted by Gasteiger charge is 2.19. The van der Waals surface area contributed by atoms with E-state index in [1.165, 1.54) is 96.3 Å². The average Bonchev–Trinajstić information content (AvgIpc) is 3.41. The van der Waals surface area contributed by atoms with Gasteiger partial charge in [-0.1, -0.05) is 249 Å². The molecule has 420 valence electrons. The highest BCUT2D eigenvalue weighted by molar-refractivity contribution is 5.71. The summed E-state index contributed by atoms with van der Waals surface area (Å²) >= 11 is 0. The number of esters is 3. The van der Waals surface area contributed by atoms with Crippen LogP contribution in [0.1, 0.15) is 239 Å². The molecule has 1 atom stereocenters. The summed E-state index contributed by atoms with van der Waals surface area (Å²) in [6.45, 7) is 6.33. The number of hydrogen-bond acceptors (Lipinski definition) is 6. The Bertz CT molecular complexity index is 1710. The summed E-state index contributed by atoms with van der Waals surface area (Å²) in [6.07, 6.45) is 89.7. The van der Waals surface area contributed by atoms with Crippen molar-refractivity contribution in [1.82, 2.24) is 0 Å². The highest BCUT2D eigenvalue weighted by Crippen LogP contribution is 2.13. The van der Waals surface area contributed by atoms with Crippen LogP contribution in [-0.4, -0.2) is 37.2 Å². The van der Waals surface area contributed by atoms with Gasteiger partial charge in [0.15, 0.2) is 6.10 Å². The molecular formula is C69H108O6. The Morgan fingerprint density at radius 3 is 0.867 bits per heavy atom. The van der Waals surface area contributed by atoms with E-state index in [0.717, 1.165) is 89.9 Å². The van der Waals surface area contributed by atoms with Crippen LogP contribution < -0.4 is 0 Å². The number of carbonyl (C=O) groups is 3. The van der Waals surface area contributed by atoms with E-state index >= 15 is 0 Å². The summed E-state index contributed by atoms with van der Waals surface area (Å²) < 4.78 is 16.7. The van der Waals surface area contributed by atoms with Gasteiger partial charge in [-0.05, 0) is 128 Å². The minimum Gasteiger partial charge on any atom is -0.462 e. The maximum atomic E-state index is 12.9. The molecule has 6 heteroatoms. The third kappa shape index (κ3) is 59.8. The molecule has 0 heterocycles. The molecule has 0 aromatic heterocycles. The smallest absolute Gasteiger partial charge is 0.306 e. The summed E-state index contributed by atoms with van der Waals surface area (Å²) in [5.41, 5.74) is 0. The molecule has 0 bridgehead atoms. The van der Waals surface area contributed by atoms with Crippen LogP contribution in [0.3, 0.4) is 0 Å². The fourth-order valence-electron chi connectivity index (χ4n) is 7.54. The number of rotatable bonds is 52. The van der Waals surface area contributed by atoms with Crippen molar-refractivity contribution in [3.05, 3.63) is 158 Å². The lowest BCUT2D eigenvalue weighted by atomic mass is 10.1. The topological polar surface area (TPSA) is 78.9 Å². The summed E-state index contributed by atoms with van der Waals surface area (Å²) in [4.78, 5) is 38.2. The number of carbonyl (C=O) groups excluding carboxylic acids is 3. The Labute approximate surface area is 460 Å². The molecule has 0 unspecified atom stereocenters. The molecule has 6 nitrogen and oxygen atoms in total. The van der Waals surface area contributed by atoms with E-state index in [2.05, 4.69) is 154 Å². The molecule has 0 spiro atoms. The zero-order chi connectivity index (χ0) is 54.3. The third-order valence-electron chi connectivity index (χ3n) is 12.0. The lowest BCUT2D eigenvalue weighted by molar-refractivity contribution is -0.166. The normalized spacial score (nSPS) is 13.3. The van der Waals surface area contributed by atoms with Crippen molar-refractivity contribution < 1.29 is 28.6 Å². The lowest BCUT2D eigenvalue weighted by Gasteiger charge is -2.18. The van der Waals surface area contributed by atoms with Crippen LogP contribution in [0.25, 0.3) is 0 Å². The third-order valence-corrected chi connectivity index (χ3v) is 12.0. The van der Waals surface area contributed by atoms with Gasteiger partial charge in [-0.3, -0.25) is 14.4 Å². The molecule has 0 amide bonds. The van der Waals surface area contributed by atoms with Crippen molar-refractivity contribution in [2.75, 3.05) is 13.2 Å². The number of hydrogen-bond donors (Lipinski definition) is 0. The zero-order valence-corrected chi connectivity index (χ0v) is 48.0. The van der Waals surface area contributed by atoms with Gasteiger partial charge in [0.25, 0.3) is 0 Å². The molecule has 0 aliphatic rings. The molecule has 0 saturated heterocycles. The Morgan fingerprint density at radius 1 is 0.280 bits per heavy atom. The van der Waals surface area contributed by atoms with E-state index in [1.807, 2.05) is 24.3 Å². The maximum Gasteiger partial charge on any atom is 0.306 e. The standard InChI is InChI=1S/C69H108O6/c1-4-7-10-13-16-19-22-25-28-31-34-37-40-43-46-49-52-55-58-61-67(70)73-64-66(75-69(72)63-60-57-54-51-48-45-42-39-36-33-30-27-24-21-18-15-12-9-6-3)65-74-68(71)62-59-56-53-50-47-44-41-38-35-32-29-26-23-20-17-14-11-8-5-2/h7,10,16-21,25-30,34-35,37-38,43-44,46-47,52-53,55-56,66H,4-6,8-9,11-15,22-24,31-33,36,39-42,45,48-51,54,57-65H2,1-3H3/b10-7-,19-16-,20-17-,21-18-,28-25-,29-26-,30-27-,37-34-,38-35-,46-43-,47-44-,55-52-,56-53-/t66-/m1/s1. The molecule has 0 radical (unpaired) electrons. The van der Waals surface area contributed by atoms with Crippen molar-refractivity contribution in [1.29, 1.82) is 0 Å². The Balaban J connectivity index is 4.64. The fourth-order valence-corrected chi connectivity index (χ4v) is 7.54. The quantitative estimate of drug-likeness (QED) is 0.0261. The number of allylic oxidation sites excluding steroid dienone is 26. The minimum absolute atomic E-state index is 0.149. The van der Waals surface area contributed by atoms with E-state index in [0.29, 0.717) is 12.8 Å². The molecule has 75 heavy (non-hydrogen) atoms. The van der Waals surface area contributed by atoms with Gasteiger partial charge >= 0.3 is 17.9 Å². The zero-order valence-electron chi connectivity index (χ0n) is 48.0. The first-order chi connectivity index (χ1) is 37.0. The van der Waals surface area contributed by atoms with Crippen LogP contribution in [0.2, 0.25) is 0 Å². The average molecular weight is 1030 g/mol. The van der Waals surface area contributed by atoms with Gasteiger partial charge in [-0.25, -0.2) is 0 Å². The van der Waals surface area contributed by atoms with Gasteiger partial charge in [0.1, 0.15) is 13.2 Å². The fraction of sp³-hybridized carbons (Fsp3) is 0.580. The molecule has 0 rings (SSSR count). The predicted octanol–water partition coefficient (Wildman–Crippen LogP) is 20.5. The van der Waals surface area contributed by atoms with Crippen molar-refractivity contribution >= 4 is 17.9 Å². The van der Waals surface area contributed by atoms with Crippen molar-refractivity contribution in [3.8, 4) is 0 Å². The second-order valence-electron chi connectivity index (χ2n) is 19.2. The summed E-state index contributed by atoms with van der Waals surface area (Å²) in [5.74, 6) is -1.12. The molecule has 0 N–H and O–H groups in total. The van der Waals surface area contributed by atoms with Crippen LogP contribution >= 0.6 is 0 Å². The van der Waals surface area contributed by atoms with Crippen molar-refractivity contribution in [2.45, 2.75) is 245 Å². The van der Waals surface area contributed by atoms with Gasteiger partial charge in [-0.2, -0.15) is 0 Å². The van der Waals surface area contributed by atoms with Crippen LogP contribution in [0, 0.1) is 0 Å². The highest BCUT2D eigenvalue weighted by atomic mass is 16.6. The van der Waals surface area contributed by atoms with Gasteiger partial charge in [0.2, 0.25) is 0 Å². The van der Waals surface area contributed by atoms with E-state index in [9.17, 15) is 14.4 Å². The number of unbranched alkanes of at least 4 members (excludes halogenated alkanes) is 15. The van der Waals surface area contributed by atoms with Crippen molar-refractivity contribution in [3.63, 3.8) is 0 Å². The Kier molecular flexibility index (Phi) is 57.5. The first-order valence-corrected chi connectivity index (χ1v) is 30.0. The SMILES string of the molecule is CC/C=C\C/C=C\C/C=C\C/C=C\C/C=C\C/C=C\CCC(=O)OC[C@H](COC(=O)CC/C=C\C/C=C\C/C=C\C/C=C\C/C=C\CCCCC)OC(=O)CCCCCCCCCCC/C=C\C/C=C\CCCCC. The first kappa shape index (κ1) is 70.0. The van der Waals surface area contributed by atoms with Gasteiger partial charge < -0.3 is 14.2 Å². The molecule has 0 aliphatic heterocycles. The van der Waals surface area contributed by atoms with Crippen LogP contribution in [0.15, 0.2) is 158 Å². The van der Waals surface area contributed by atoms with Gasteiger partial charge in [0, 0.05) is 19.3 Å². The van der Waals surface area contributed by atoms with Crippen molar-refractivity contribution in [2.24, 2.45) is 0 Å². The summed E-state index contributed by atoms with van der Waals surface area (Å²) in [6, 6.07) is 0.